The van der Waals surface area contributed by atoms with E-state index in [0.29, 0.717) is 23.9 Å². The third-order valence-corrected chi connectivity index (χ3v) is 10.9. The average Bonchev–Trinajstić information content (AvgIpc) is 3.50. The minimum Gasteiger partial charge on any atom is -0.496 e. The van der Waals surface area contributed by atoms with Crippen molar-refractivity contribution in [3.8, 4) is 34.5 Å². The van der Waals surface area contributed by atoms with Crippen molar-refractivity contribution in [2.75, 3.05) is 46.9 Å². The number of fused-ring (bicyclic) bond motifs is 2. The Morgan fingerprint density at radius 2 is 1.55 bits per heavy atom. The summed E-state index contributed by atoms with van der Waals surface area (Å²) in [5.74, 6) is 5.78. The van der Waals surface area contributed by atoms with Gasteiger partial charge in [0.1, 0.15) is 17.5 Å². The van der Waals surface area contributed by atoms with Gasteiger partial charge in [0.2, 0.25) is 11.8 Å². The monoisotopic (exact) mass is 758 g/mol. The molecule has 1 N–H and O–H groups in total. The first-order valence-corrected chi connectivity index (χ1v) is 19.1. The molecule has 5 heterocycles. The van der Waals surface area contributed by atoms with Crippen LogP contribution in [0.2, 0.25) is 0 Å². The molecule has 0 spiro atoms. The fourth-order valence-electron chi connectivity index (χ4n) is 7.96. The van der Waals surface area contributed by atoms with Gasteiger partial charge in [-0.1, -0.05) is 11.8 Å². The lowest BCUT2D eigenvalue weighted by atomic mass is 9.99. The highest BCUT2D eigenvalue weighted by molar-refractivity contribution is 6.23. The Balaban J connectivity index is 0.936. The van der Waals surface area contributed by atoms with E-state index in [-0.39, 0.29) is 29.5 Å². The lowest BCUT2D eigenvalue weighted by Gasteiger charge is -2.27. The molecule has 2 saturated heterocycles. The van der Waals surface area contributed by atoms with E-state index in [2.05, 4.69) is 31.9 Å². The molecule has 0 aliphatic carbocycles. The number of rotatable bonds is 9. The van der Waals surface area contributed by atoms with Crippen LogP contribution in [-0.4, -0.2) is 101 Å². The number of hydrogen-bond donors (Lipinski definition) is 1. The third kappa shape index (κ3) is 7.94. The highest BCUT2D eigenvalue weighted by Crippen LogP contribution is 2.38. The van der Waals surface area contributed by atoms with Gasteiger partial charge in [0.05, 0.1) is 36.3 Å². The smallest absolute Gasteiger partial charge is 0.262 e. The second kappa shape index (κ2) is 16.9. The second-order valence-electron chi connectivity index (χ2n) is 14.5. The molecule has 3 aliphatic heterocycles. The maximum absolute atomic E-state index is 13.2. The van der Waals surface area contributed by atoms with Gasteiger partial charge < -0.3 is 18.9 Å². The molecular weight excluding hydrogens is 713 g/mol. The number of ether oxygens (including phenoxy) is 2. The summed E-state index contributed by atoms with van der Waals surface area (Å²) in [6.07, 6.45) is 10.1. The van der Waals surface area contributed by atoms with Crippen molar-refractivity contribution in [2.45, 2.75) is 57.5 Å². The summed E-state index contributed by atoms with van der Waals surface area (Å²) in [7, 11) is 5.11. The standard InChI is InChI=1S/C43H46N6O7/c1-46-26-34(30-15-16-44-25-33(30)41(46)52)29-23-37(55-2)35(38(24-29)56-3)27-48-19-8-7-18-47(20-9-21-48)17-6-4-5-10-28-11-12-31-32(22-28)43(54)49(42(31)53)36-13-14-39(50)45-40(36)51/h11-12,15-16,22-26,36H,4,6-9,13-14,17-21,27H2,1-3H3,(H,45,50,51). The van der Waals surface area contributed by atoms with Gasteiger partial charge in [0.25, 0.3) is 17.4 Å². The average molecular weight is 759 g/mol. The van der Waals surface area contributed by atoms with Crippen LogP contribution in [0.15, 0.2) is 59.8 Å². The van der Waals surface area contributed by atoms with Gasteiger partial charge in [-0.2, -0.15) is 0 Å². The number of aromatic nitrogens is 2. The molecule has 13 heteroatoms. The molecule has 7 rings (SSSR count). The molecule has 3 aliphatic rings. The van der Waals surface area contributed by atoms with E-state index in [0.717, 1.165) is 96.9 Å². The highest BCUT2D eigenvalue weighted by Gasteiger charge is 2.44. The topological polar surface area (TPSA) is 143 Å². The predicted molar refractivity (Wildman–Crippen MR) is 210 cm³/mol. The number of methoxy groups -OCH3 is 2. The van der Waals surface area contributed by atoms with E-state index in [9.17, 15) is 24.0 Å². The number of hydrogen-bond acceptors (Lipinski definition) is 10. The van der Waals surface area contributed by atoms with Gasteiger partial charge in [0.15, 0.2) is 0 Å². The van der Waals surface area contributed by atoms with E-state index in [4.69, 9.17) is 9.47 Å². The maximum Gasteiger partial charge on any atom is 0.262 e. The number of nitrogens with one attached hydrogen (secondary N) is 1. The zero-order valence-corrected chi connectivity index (χ0v) is 32.1. The Bertz CT molecular complexity index is 2300. The Kier molecular flexibility index (Phi) is 11.6. The van der Waals surface area contributed by atoms with Crippen LogP contribution in [0.4, 0.5) is 0 Å². The molecule has 13 nitrogen and oxygen atoms in total. The van der Waals surface area contributed by atoms with Crippen LogP contribution < -0.4 is 20.3 Å². The van der Waals surface area contributed by atoms with E-state index in [1.54, 1.807) is 56.4 Å². The van der Waals surface area contributed by atoms with Crippen molar-refractivity contribution in [1.29, 1.82) is 0 Å². The third-order valence-electron chi connectivity index (χ3n) is 10.9. The first kappa shape index (κ1) is 38.4. The molecule has 2 aromatic heterocycles. The van der Waals surface area contributed by atoms with Crippen LogP contribution in [0.3, 0.4) is 0 Å². The lowest BCUT2D eigenvalue weighted by molar-refractivity contribution is -0.136. The summed E-state index contributed by atoms with van der Waals surface area (Å²) in [4.78, 5) is 73.0. The molecule has 2 fully saturated rings. The van der Waals surface area contributed by atoms with Crippen molar-refractivity contribution in [1.82, 2.24) is 29.6 Å². The van der Waals surface area contributed by atoms with Crippen molar-refractivity contribution in [3.05, 3.63) is 87.6 Å². The predicted octanol–water partition coefficient (Wildman–Crippen LogP) is 4.14. The quantitative estimate of drug-likeness (QED) is 0.150. The number of carbonyl (C=O) groups excluding carboxylic acids is 4. The largest absolute Gasteiger partial charge is 0.496 e. The van der Waals surface area contributed by atoms with Gasteiger partial charge in [0, 0.05) is 56.2 Å². The van der Waals surface area contributed by atoms with Gasteiger partial charge in [-0.15, -0.1) is 0 Å². The SMILES string of the molecule is COc1cc(-c2cn(C)c(=O)c3cnccc23)cc(OC)c1CN1CCCCN(CCCC#Cc2ccc3c(c2)C(=O)N(C2CCC(=O)NC2=O)C3=O)CCC1. The fourth-order valence-corrected chi connectivity index (χ4v) is 7.96. The Morgan fingerprint density at radius 1 is 0.839 bits per heavy atom. The Labute approximate surface area is 325 Å². The van der Waals surface area contributed by atoms with Crippen LogP contribution in [0.1, 0.15) is 76.8 Å². The maximum atomic E-state index is 13.2. The summed E-state index contributed by atoms with van der Waals surface area (Å²) in [5.41, 5.74) is 3.82. The molecular formula is C43H46N6O7. The molecule has 0 radical (unpaired) electrons. The van der Waals surface area contributed by atoms with Gasteiger partial charge in [-0.25, -0.2) is 0 Å². The molecule has 56 heavy (non-hydrogen) atoms. The van der Waals surface area contributed by atoms with E-state index in [1.807, 2.05) is 24.4 Å². The lowest BCUT2D eigenvalue weighted by Crippen LogP contribution is -2.54. The highest BCUT2D eigenvalue weighted by atomic mass is 16.5. The number of imide groups is 2. The van der Waals surface area contributed by atoms with E-state index < -0.39 is 29.7 Å². The van der Waals surface area contributed by atoms with Gasteiger partial charge >= 0.3 is 0 Å². The molecule has 2 aromatic carbocycles. The van der Waals surface area contributed by atoms with E-state index in [1.165, 1.54) is 0 Å². The summed E-state index contributed by atoms with van der Waals surface area (Å²) in [6.45, 7) is 5.53. The summed E-state index contributed by atoms with van der Waals surface area (Å²) >= 11 is 0. The fraction of sp³-hybridized carbons (Fsp3) is 0.395. The van der Waals surface area contributed by atoms with Crippen molar-refractivity contribution >= 4 is 34.4 Å². The van der Waals surface area contributed by atoms with Crippen molar-refractivity contribution in [3.63, 3.8) is 0 Å². The van der Waals surface area contributed by atoms with Crippen LogP contribution in [0.25, 0.3) is 21.9 Å². The van der Waals surface area contributed by atoms with Gasteiger partial charge in [-0.05, 0) is 112 Å². The normalized spacial score (nSPS) is 18.1. The zero-order chi connectivity index (χ0) is 39.3. The van der Waals surface area contributed by atoms with Crippen LogP contribution >= 0.6 is 0 Å². The first-order chi connectivity index (χ1) is 27.2. The zero-order valence-electron chi connectivity index (χ0n) is 32.1. The second-order valence-corrected chi connectivity index (χ2v) is 14.5. The molecule has 1 unspecified atom stereocenters. The van der Waals surface area contributed by atoms with Crippen molar-refractivity contribution in [2.24, 2.45) is 7.05 Å². The first-order valence-electron chi connectivity index (χ1n) is 19.1. The number of unbranched alkanes of at least 4 members (excludes halogenated alkanes) is 1. The minimum atomic E-state index is -0.990. The van der Waals surface area contributed by atoms with Gasteiger partial charge in [-0.3, -0.25) is 44.1 Å². The van der Waals surface area contributed by atoms with Crippen LogP contribution in [0, 0.1) is 11.8 Å². The van der Waals surface area contributed by atoms with Crippen LogP contribution in [-0.2, 0) is 23.2 Å². The molecule has 4 aromatic rings. The van der Waals surface area contributed by atoms with Crippen molar-refractivity contribution < 1.29 is 28.7 Å². The molecule has 0 bridgehead atoms. The number of pyridine rings is 2. The minimum absolute atomic E-state index is 0.0795. The Morgan fingerprint density at radius 3 is 2.30 bits per heavy atom. The van der Waals surface area contributed by atoms with Crippen LogP contribution in [0.5, 0.6) is 11.5 Å². The molecule has 4 amide bonds. The number of carbonyl (C=O) groups is 4. The number of nitrogens with zero attached hydrogens (tertiary/aromatic N) is 5. The molecule has 290 valence electrons. The summed E-state index contributed by atoms with van der Waals surface area (Å²) < 4.78 is 13.5. The molecule has 1 atom stereocenters. The number of aryl methyl sites for hydroxylation is 1. The summed E-state index contributed by atoms with van der Waals surface area (Å²) in [5, 5.41) is 3.61. The number of piperidine rings is 1. The van der Waals surface area contributed by atoms with E-state index >= 15 is 0 Å². The summed E-state index contributed by atoms with van der Waals surface area (Å²) in [6, 6.07) is 9.87. The number of amides is 4. The Hall–Kier alpha value is -5.84. The molecule has 0 saturated carbocycles. The number of benzene rings is 2.